The highest BCUT2D eigenvalue weighted by Crippen LogP contribution is 2.19. The molecule has 1 aromatic carbocycles. The van der Waals surface area contributed by atoms with Crippen LogP contribution in [0.25, 0.3) is 0 Å². The molecule has 0 amide bonds. The summed E-state index contributed by atoms with van der Waals surface area (Å²) in [6.45, 7) is 3.02. The Labute approximate surface area is 102 Å². The van der Waals surface area contributed by atoms with Gasteiger partial charge in [-0.05, 0) is 31.8 Å². The van der Waals surface area contributed by atoms with Crippen LogP contribution >= 0.6 is 0 Å². The number of benzene rings is 1. The Morgan fingerprint density at radius 3 is 3.00 bits per heavy atom. The molecule has 1 aliphatic rings. The smallest absolute Gasteiger partial charge is 0.123 e. The van der Waals surface area contributed by atoms with Gasteiger partial charge in [0.05, 0.1) is 0 Å². The van der Waals surface area contributed by atoms with Gasteiger partial charge in [-0.25, -0.2) is 4.39 Å². The van der Waals surface area contributed by atoms with E-state index in [4.69, 9.17) is 0 Å². The van der Waals surface area contributed by atoms with Gasteiger partial charge in [-0.3, -0.25) is 0 Å². The minimum atomic E-state index is -0.174. The lowest BCUT2D eigenvalue weighted by atomic mass is 9.97. The Bertz CT molecular complexity index is 369. The van der Waals surface area contributed by atoms with E-state index in [1.807, 2.05) is 13.1 Å². The maximum atomic E-state index is 13.2. The predicted molar refractivity (Wildman–Crippen MR) is 67.5 cm³/mol. The van der Waals surface area contributed by atoms with E-state index in [0.29, 0.717) is 6.04 Å². The number of hydrogen-bond acceptors (Lipinski definition) is 3. The summed E-state index contributed by atoms with van der Waals surface area (Å²) in [5.41, 5.74) is 1.00. The van der Waals surface area contributed by atoms with Gasteiger partial charge in [-0.1, -0.05) is 12.1 Å². The molecule has 2 rings (SSSR count). The van der Waals surface area contributed by atoms with Crippen LogP contribution in [0.1, 0.15) is 11.6 Å². The Morgan fingerprint density at radius 2 is 2.35 bits per heavy atom. The van der Waals surface area contributed by atoms with Crippen LogP contribution in [0.4, 0.5) is 4.39 Å². The van der Waals surface area contributed by atoms with Crippen LogP contribution in [-0.4, -0.2) is 44.7 Å². The molecule has 1 fully saturated rings. The zero-order valence-corrected chi connectivity index (χ0v) is 10.4. The van der Waals surface area contributed by atoms with E-state index < -0.39 is 0 Å². The van der Waals surface area contributed by atoms with Crippen molar-refractivity contribution in [3.8, 4) is 0 Å². The first-order chi connectivity index (χ1) is 8.20. The van der Waals surface area contributed by atoms with Gasteiger partial charge in [0, 0.05) is 31.7 Å². The SMILES string of the molecule is CNC(c1cccc(F)c1)C1CN(C)CCN1. The van der Waals surface area contributed by atoms with Gasteiger partial charge < -0.3 is 15.5 Å². The topological polar surface area (TPSA) is 27.3 Å². The average molecular weight is 237 g/mol. The Morgan fingerprint density at radius 1 is 1.53 bits per heavy atom. The molecule has 94 valence electrons. The molecule has 2 unspecified atom stereocenters. The second kappa shape index (κ2) is 5.58. The largest absolute Gasteiger partial charge is 0.312 e. The minimum Gasteiger partial charge on any atom is -0.312 e. The molecule has 1 aliphatic heterocycles. The van der Waals surface area contributed by atoms with Gasteiger partial charge in [0.2, 0.25) is 0 Å². The lowest BCUT2D eigenvalue weighted by molar-refractivity contribution is 0.209. The first kappa shape index (κ1) is 12.5. The van der Waals surface area contributed by atoms with E-state index >= 15 is 0 Å². The fraction of sp³-hybridized carbons (Fsp3) is 0.538. The quantitative estimate of drug-likeness (QED) is 0.821. The second-order valence-electron chi connectivity index (χ2n) is 4.64. The summed E-state index contributed by atoms with van der Waals surface area (Å²) in [6, 6.07) is 7.30. The van der Waals surface area contributed by atoms with Crippen LogP contribution in [0.2, 0.25) is 0 Å². The Balaban J connectivity index is 2.15. The van der Waals surface area contributed by atoms with Crippen molar-refractivity contribution in [1.82, 2.24) is 15.5 Å². The number of halogens is 1. The molecule has 4 heteroatoms. The van der Waals surface area contributed by atoms with E-state index in [1.54, 1.807) is 12.1 Å². The first-order valence-electron chi connectivity index (χ1n) is 6.05. The van der Waals surface area contributed by atoms with Crippen molar-refractivity contribution in [2.24, 2.45) is 0 Å². The molecule has 0 aliphatic carbocycles. The molecule has 0 saturated carbocycles. The van der Waals surface area contributed by atoms with Crippen LogP contribution in [0.5, 0.6) is 0 Å². The van der Waals surface area contributed by atoms with Gasteiger partial charge in [0.25, 0.3) is 0 Å². The van der Waals surface area contributed by atoms with Gasteiger partial charge in [-0.2, -0.15) is 0 Å². The molecule has 1 heterocycles. The zero-order valence-electron chi connectivity index (χ0n) is 10.4. The summed E-state index contributed by atoms with van der Waals surface area (Å²) < 4.78 is 13.2. The average Bonchev–Trinajstić information content (AvgIpc) is 2.30. The molecular formula is C13H20FN3. The molecule has 2 atom stereocenters. The third-order valence-corrected chi connectivity index (χ3v) is 3.33. The summed E-state index contributed by atoms with van der Waals surface area (Å²) in [5, 5.41) is 6.77. The maximum absolute atomic E-state index is 13.2. The summed E-state index contributed by atoms with van der Waals surface area (Å²) in [5.74, 6) is -0.174. The number of nitrogens with one attached hydrogen (secondary N) is 2. The van der Waals surface area contributed by atoms with Crippen molar-refractivity contribution in [2.75, 3.05) is 33.7 Å². The molecule has 0 bridgehead atoms. The molecule has 1 aromatic rings. The lowest BCUT2D eigenvalue weighted by Crippen LogP contribution is -2.54. The van der Waals surface area contributed by atoms with Gasteiger partial charge in [0.15, 0.2) is 0 Å². The second-order valence-corrected chi connectivity index (χ2v) is 4.64. The summed E-state index contributed by atoms with van der Waals surface area (Å²) >= 11 is 0. The van der Waals surface area contributed by atoms with Crippen LogP contribution in [0.3, 0.4) is 0 Å². The summed E-state index contributed by atoms with van der Waals surface area (Å²) in [6.07, 6.45) is 0. The van der Waals surface area contributed by atoms with E-state index in [-0.39, 0.29) is 11.9 Å². The normalized spacial score (nSPS) is 23.6. The maximum Gasteiger partial charge on any atom is 0.123 e. The summed E-state index contributed by atoms with van der Waals surface area (Å²) in [7, 11) is 4.04. The van der Waals surface area contributed by atoms with E-state index in [0.717, 1.165) is 25.2 Å². The number of rotatable bonds is 3. The number of hydrogen-bond donors (Lipinski definition) is 2. The number of nitrogens with zero attached hydrogens (tertiary/aromatic N) is 1. The fourth-order valence-electron chi connectivity index (χ4n) is 2.46. The van der Waals surface area contributed by atoms with E-state index in [1.165, 1.54) is 6.07 Å². The van der Waals surface area contributed by atoms with Gasteiger partial charge >= 0.3 is 0 Å². The molecule has 0 spiro atoms. The van der Waals surface area contributed by atoms with Crippen LogP contribution < -0.4 is 10.6 Å². The summed E-state index contributed by atoms with van der Waals surface area (Å²) in [4.78, 5) is 2.30. The van der Waals surface area contributed by atoms with Crippen LogP contribution in [-0.2, 0) is 0 Å². The molecule has 3 nitrogen and oxygen atoms in total. The highest BCUT2D eigenvalue weighted by atomic mass is 19.1. The van der Waals surface area contributed by atoms with Crippen molar-refractivity contribution in [1.29, 1.82) is 0 Å². The Kier molecular flexibility index (Phi) is 4.10. The highest BCUT2D eigenvalue weighted by molar-refractivity contribution is 5.22. The third kappa shape index (κ3) is 3.03. The third-order valence-electron chi connectivity index (χ3n) is 3.33. The van der Waals surface area contributed by atoms with Crippen molar-refractivity contribution in [3.05, 3.63) is 35.6 Å². The molecule has 0 radical (unpaired) electrons. The minimum absolute atomic E-state index is 0.147. The standard InChI is InChI=1S/C13H20FN3/c1-15-13(10-4-3-5-11(14)8-10)12-9-17(2)7-6-16-12/h3-5,8,12-13,15-16H,6-7,9H2,1-2H3. The van der Waals surface area contributed by atoms with E-state index in [9.17, 15) is 4.39 Å². The van der Waals surface area contributed by atoms with Gasteiger partial charge in [0.1, 0.15) is 5.82 Å². The molecule has 17 heavy (non-hydrogen) atoms. The van der Waals surface area contributed by atoms with Crippen LogP contribution in [0, 0.1) is 5.82 Å². The van der Waals surface area contributed by atoms with Crippen molar-refractivity contribution in [2.45, 2.75) is 12.1 Å². The highest BCUT2D eigenvalue weighted by Gasteiger charge is 2.25. The Hall–Kier alpha value is -0.970. The molecular weight excluding hydrogens is 217 g/mol. The number of likely N-dealkylation sites (N-methyl/N-ethyl adjacent to an activating group) is 2. The first-order valence-corrected chi connectivity index (χ1v) is 6.05. The van der Waals surface area contributed by atoms with Crippen molar-refractivity contribution < 1.29 is 4.39 Å². The van der Waals surface area contributed by atoms with Gasteiger partial charge in [-0.15, -0.1) is 0 Å². The fourth-order valence-corrected chi connectivity index (χ4v) is 2.46. The monoisotopic (exact) mass is 237 g/mol. The molecule has 2 N–H and O–H groups in total. The molecule has 0 aromatic heterocycles. The lowest BCUT2D eigenvalue weighted by Gasteiger charge is -2.36. The number of piperazine rings is 1. The van der Waals surface area contributed by atoms with Crippen LogP contribution in [0.15, 0.2) is 24.3 Å². The van der Waals surface area contributed by atoms with Crippen molar-refractivity contribution >= 4 is 0 Å². The predicted octanol–water partition coefficient (Wildman–Crippen LogP) is 0.990. The van der Waals surface area contributed by atoms with Crippen molar-refractivity contribution in [3.63, 3.8) is 0 Å². The molecule has 1 saturated heterocycles. The zero-order chi connectivity index (χ0) is 12.3. The van der Waals surface area contributed by atoms with E-state index in [2.05, 4.69) is 22.6 Å².